The molecule has 0 saturated carbocycles. The number of hydrogen-bond donors (Lipinski definition) is 1. The van der Waals surface area contributed by atoms with E-state index in [2.05, 4.69) is 10.3 Å². The van der Waals surface area contributed by atoms with Crippen LogP contribution >= 0.6 is 0 Å². The lowest BCUT2D eigenvalue weighted by molar-refractivity contribution is -0.114. The Balaban J connectivity index is 2.82. The molecule has 1 aromatic rings. The van der Waals surface area contributed by atoms with Crippen molar-refractivity contribution in [2.75, 3.05) is 11.9 Å². The number of hydrogen-bond acceptors (Lipinski definition) is 4. The Morgan fingerprint density at radius 1 is 1.53 bits per heavy atom. The number of aromatic nitrogens is 1. The summed E-state index contributed by atoms with van der Waals surface area (Å²) < 4.78 is 4.81. The van der Waals surface area contributed by atoms with Gasteiger partial charge in [0.1, 0.15) is 5.82 Å². The van der Waals surface area contributed by atoms with Crippen LogP contribution in [0, 0.1) is 0 Å². The molecule has 0 aliphatic rings. The second-order valence-electron chi connectivity index (χ2n) is 2.83. The fourth-order valence-corrected chi connectivity index (χ4v) is 1.02. The second-order valence-corrected chi connectivity index (χ2v) is 2.83. The number of ether oxygens (including phenoxy) is 1. The van der Waals surface area contributed by atoms with Gasteiger partial charge in [-0.15, -0.1) is 0 Å². The Kier molecular flexibility index (Phi) is 3.79. The van der Waals surface area contributed by atoms with E-state index in [9.17, 15) is 9.59 Å². The van der Waals surface area contributed by atoms with E-state index in [0.717, 1.165) is 0 Å². The molecular weight excluding hydrogens is 196 g/mol. The topological polar surface area (TPSA) is 68.3 Å². The summed E-state index contributed by atoms with van der Waals surface area (Å²) in [4.78, 5) is 26.0. The number of rotatable bonds is 3. The lowest BCUT2D eigenvalue weighted by Crippen LogP contribution is -2.10. The van der Waals surface area contributed by atoms with Crippen molar-refractivity contribution in [3.63, 3.8) is 0 Å². The Morgan fingerprint density at radius 3 is 2.87 bits per heavy atom. The maximum absolute atomic E-state index is 11.3. The van der Waals surface area contributed by atoms with Crippen LogP contribution in [-0.4, -0.2) is 23.5 Å². The SMILES string of the molecule is CCOC(=O)c1ccnc(NC(C)=O)c1. The van der Waals surface area contributed by atoms with Crippen LogP contribution in [0.4, 0.5) is 5.82 Å². The zero-order valence-electron chi connectivity index (χ0n) is 8.61. The summed E-state index contributed by atoms with van der Waals surface area (Å²) >= 11 is 0. The molecule has 1 amide bonds. The van der Waals surface area contributed by atoms with Gasteiger partial charge in [0.25, 0.3) is 0 Å². The third-order valence-electron chi connectivity index (χ3n) is 1.58. The van der Waals surface area contributed by atoms with Crippen LogP contribution in [0.1, 0.15) is 24.2 Å². The van der Waals surface area contributed by atoms with Gasteiger partial charge in [0.2, 0.25) is 5.91 Å². The molecule has 0 aliphatic heterocycles. The predicted octanol–water partition coefficient (Wildman–Crippen LogP) is 1.22. The van der Waals surface area contributed by atoms with E-state index in [1.807, 2.05) is 0 Å². The molecule has 15 heavy (non-hydrogen) atoms. The van der Waals surface area contributed by atoms with Crippen molar-refractivity contribution >= 4 is 17.7 Å². The summed E-state index contributed by atoms with van der Waals surface area (Å²) in [6.07, 6.45) is 1.44. The van der Waals surface area contributed by atoms with E-state index < -0.39 is 5.97 Å². The zero-order chi connectivity index (χ0) is 11.3. The number of esters is 1. The Bertz CT molecular complexity index is 377. The molecule has 1 aromatic heterocycles. The van der Waals surface area contributed by atoms with Gasteiger partial charge in [0, 0.05) is 13.1 Å². The van der Waals surface area contributed by atoms with E-state index in [0.29, 0.717) is 18.0 Å². The van der Waals surface area contributed by atoms with Gasteiger partial charge in [-0.1, -0.05) is 0 Å². The zero-order valence-corrected chi connectivity index (χ0v) is 8.61. The van der Waals surface area contributed by atoms with Crippen LogP contribution in [-0.2, 0) is 9.53 Å². The van der Waals surface area contributed by atoms with Gasteiger partial charge in [-0.25, -0.2) is 9.78 Å². The van der Waals surface area contributed by atoms with E-state index >= 15 is 0 Å². The number of carbonyl (C=O) groups is 2. The summed E-state index contributed by atoms with van der Waals surface area (Å²) in [6, 6.07) is 3.00. The molecule has 0 radical (unpaired) electrons. The predicted molar refractivity (Wildman–Crippen MR) is 54.5 cm³/mol. The molecule has 1 rings (SSSR count). The van der Waals surface area contributed by atoms with Crippen LogP contribution in [0.3, 0.4) is 0 Å². The molecule has 0 unspecified atom stereocenters. The summed E-state index contributed by atoms with van der Waals surface area (Å²) in [5, 5.41) is 2.48. The highest BCUT2D eigenvalue weighted by Crippen LogP contribution is 2.07. The van der Waals surface area contributed by atoms with Crippen molar-refractivity contribution in [1.29, 1.82) is 0 Å². The van der Waals surface area contributed by atoms with E-state index in [-0.39, 0.29) is 5.91 Å². The maximum atomic E-state index is 11.3. The summed E-state index contributed by atoms with van der Waals surface area (Å²) in [6.45, 7) is 3.42. The van der Waals surface area contributed by atoms with Gasteiger partial charge >= 0.3 is 5.97 Å². The molecule has 1 heterocycles. The third kappa shape index (κ3) is 3.38. The molecular formula is C10H12N2O3. The van der Waals surface area contributed by atoms with Gasteiger partial charge in [-0.05, 0) is 19.1 Å². The molecule has 0 fully saturated rings. The van der Waals surface area contributed by atoms with Crippen LogP contribution in [0.25, 0.3) is 0 Å². The monoisotopic (exact) mass is 208 g/mol. The minimum Gasteiger partial charge on any atom is -0.462 e. The molecule has 0 aromatic carbocycles. The van der Waals surface area contributed by atoms with E-state index in [1.54, 1.807) is 6.92 Å². The first kappa shape index (κ1) is 11.2. The summed E-state index contributed by atoms with van der Waals surface area (Å²) in [7, 11) is 0. The highest BCUT2D eigenvalue weighted by Gasteiger charge is 2.07. The second kappa shape index (κ2) is 5.09. The molecule has 0 spiro atoms. The van der Waals surface area contributed by atoms with Crippen molar-refractivity contribution in [1.82, 2.24) is 4.98 Å². The summed E-state index contributed by atoms with van der Waals surface area (Å²) in [5.74, 6) is -0.317. The smallest absolute Gasteiger partial charge is 0.338 e. The maximum Gasteiger partial charge on any atom is 0.338 e. The molecule has 0 aliphatic carbocycles. The van der Waals surface area contributed by atoms with Crippen LogP contribution in [0.5, 0.6) is 0 Å². The number of nitrogens with one attached hydrogen (secondary N) is 1. The van der Waals surface area contributed by atoms with Crippen LogP contribution < -0.4 is 5.32 Å². The molecule has 1 N–H and O–H groups in total. The Morgan fingerprint density at radius 2 is 2.27 bits per heavy atom. The van der Waals surface area contributed by atoms with E-state index in [1.165, 1.54) is 25.3 Å². The quantitative estimate of drug-likeness (QED) is 0.758. The van der Waals surface area contributed by atoms with Gasteiger partial charge in [0.15, 0.2) is 0 Å². The van der Waals surface area contributed by atoms with Crippen molar-refractivity contribution in [3.8, 4) is 0 Å². The number of nitrogens with zero attached hydrogens (tertiary/aromatic N) is 1. The van der Waals surface area contributed by atoms with Gasteiger partial charge in [0.05, 0.1) is 12.2 Å². The molecule has 0 saturated heterocycles. The molecule has 0 atom stereocenters. The van der Waals surface area contributed by atoms with Gasteiger partial charge < -0.3 is 10.1 Å². The van der Waals surface area contributed by atoms with E-state index in [4.69, 9.17) is 4.74 Å². The summed E-state index contributed by atoms with van der Waals surface area (Å²) in [5.41, 5.74) is 0.371. The number of anilines is 1. The first-order valence-electron chi connectivity index (χ1n) is 4.54. The first-order chi connectivity index (χ1) is 7.13. The van der Waals surface area contributed by atoms with Crippen molar-refractivity contribution in [2.45, 2.75) is 13.8 Å². The van der Waals surface area contributed by atoms with Crippen molar-refractivity contribution in [3.05, 3.63) is 23.9 Å². The first-order valence-corrected chi connectivity index (χ1v) is 4.54. The average molecular weight is 208 g/mol. The number of carbonyl (C=O) groups excluding carboxylic acids is 2. The van der Waals surface area contributed by atoms with Crippen molar-refractivity contribution in [2.24, 2.45) is 0 Å². The third-order valence-corrected chi connectivity index (χ3v) is 1.58. The van der Waals surface area contributed by atoms with Gasteiger partial charge in [-0.2, -0.15) is 0 Å². The fourth-order valence-electron chi connectivity index (χ4n) is 1.02. The normalized spacial score (nSPS) is 9.47. The number of pyridine rings is 1. The molecule has 5 heteroatoms. The highest BCUT2D eigenvalue weighted by atomic mass is 16.5. The minimum absolute atomic E-state index is 0.233. The lowest BCUT2D eigenvalue weighted by atomic mass is 10.2. The Labute approximate surface area is 87.5 Å². The molecule has 5 nitrogen and oxygen atoms in total. The molecule has 80 valence electrons. The molecule has 0 bridgehead atoms. The van der Waals surface area contributed by atoms with Crippen molar-refractivity contribution < 1.29 is 14.3 Å². The Hall–Kier alpha value is -1.91. The average Bonchev–Trinajstić information content (AvgIpc) is 2.17. The number of amides is 1. The van der Waals surface area contributed by atoms with Crippen LogP contribution in [0.2, 0.25) is 0 Å². The lowest BCUT2D eigenvalue weighted by Gasteiger charge is -2.04. The fraction of sp³-hybridized carbons (Fsp3) is 0.300. The van der Waals surface area contributed by atoms with Crippen LogP contribution in [0.15, 0.2) is 18.3 Å². The minimum atomic E-state index is -0.425. The highest BCUT2D eigenvalue weighted by molar-refractivity contribution is 5.92. The standard InChI is InChI=1S/C10H12N2O3/c1-3-15-10(14)8-4-5-11-9(6-8)12-7(2)13/h4-6H,3H2,1-2H3,(H,11,12,13). The van der Waals surface area contributed by atoms with Gasteiger partial charge in [-0.3, -0.25) is 4.79 Å². The largest absolute Gasteiger partial charge is 0.462 e.